The van der Waals surface area contributed by atoms with Crippen LogP contribution in [0.3, 0.4) is 0 Å². The largest absolute Gasteiger partial charge is 2.00 e. The maximum atomic E-state index is 10.5. The zero-order valence-electron chi connectivity index (χ0n) is 16.8. The summed E-state index contributed by atoms with van der Waals surface area (Å²) in [6.07, 6.45) is 11.7. The number of benzene rings is 1. The molecule has 1 fully saturated rings. The van der Waals surface area contributed by atoms with Crippen molar-refractivity contribution in [1.82, 2.24) is 0 Å². The van der Waals surface area contributed by atoms with Crippen LogP contribution in [0.15, 0.2) is 24.3 Å². The molecule has 0 saturated heterocycles. The van der Waals surface area contributed by atoms with Gasteiger partial charge in [0.1, 0.15) is 0 Å². The summed E-state index contributed by atoms with van der Waals surface area (Å²) in [6, 6.07) is 8.39. The van der Waals surface area contributed by atoms with Crippen LogP contribution in [-0.4, -0.2) is 15.4 Å². The van der Waals surface area contributed by atoms with E-state index >= 15 is 0 Å². The summed E-state index contributed by atoms with van der Waals surface area (Å²) < 4.78 is 0. The Kier molecular flexibility index (Phi) is 14.3. The Morgan fingerprint density at radius 1 is 1.08 bits per heavy atom. The maximum Gasteiger partial charge on any atom is 2.00 e. The summed E-state index contributed by atoms with van der Waals surface area (Å²) in [6.45, 7) is 9.10. The molecule has 0 unspecified atom stereocenters. The number of carbonyl (C=O) groups excluding carboxylic acids is 1. The summed E-state index contributed by atoms with van der Waals surface area (Å²) in [4.78, 5) is 10.5. The topological polar surface area (TPSA) is 40.9 Å². The smallest absolute Gasteiger partial charge is 0.668 e. The van der Waals surface area contributed by atoms with Gasteiger partial charge in [-0.05, 0) is 12.8 Å². The molecule has 3 rings (SSSR count). The number of hydrogen-bond donors (Lipinski definition) is 0. The van der Waals surface area contributed by atoms with Gasteiger partial charge in [-0.3, -0.25) is 6.08 Å². The van der Waals surface area contributed by atoms with Crippen LogP contribution in [0.4, 0.5) is 0 Å². The third-order valence-electron chi connectivity index (χ3n) is 4.25. The van der Waals surface area contributed by atoms with E-state index < -0.39 is 0 Å². The molecular weight excluding hydrogens is 414 g/mol. The molecule has 26 heavy (non-hydrogen) atoms. The first-order valence-corrected chi connectivity index (χ1v) is 10.7. The van der Waals surface area contributed by atoms with Gasteiger partial charge in [-0.2, -0.15) is 5.56 Å². The van der Waals surface area contributed by atoms with Crippen LogP contribution in [0.2, 0.25) is 11.1 Å². The van der Waals surface area contributed by atoms with Crippen LogP contribution < -0.4 is 0 Å². The third kappa shape index (κ3) is 11.3. The summed E-state index contributed by atoms with van der Waals surface area (Å²) in [7, 11) is 1.15. The Bertz CT molecular complexity index is 531. The fourth-order valence-corrected chi connectivity index (χ4v) is 4.47. The van der Waals surface area contributed by atoms with Crippen LogP contribution in [0.25, 0.3) is 11.8 Å². The van der Waals surface area contributed by atoms with E-state index in [4.69, 9.17) is 5.73 Å². The number of allylic oxidation sites excluding steroid dienone is 1. The Balaban J connectivity index is 0.000000358. The van der Waals surface area contributed by atoms with Crippen molar-refractivity contribution in [3.63, 3.8) is 0 Å². The van der Waals surface area contributed by atoms with E-state index in [0.717, 1.165) is 52.7 Å². The first-order valence-electron chi connectivity index (χ1n) is 9.56. The molecule has 1 saturated carbocycles. The van der Waals surface area contributed by atoms with Gasteiger partial charge in [0, 0.05) is 15.4 Å². The normalized spacial score (nSPS) is 15.3. The van der Waals surface area contributed by atoms with Gasteiger partial charge in [0.05, 0.1) is 5.91 Å². The van der Waals surface area contributed by atoms with Crippen molar-refractivity contribution < 1.29 is 31.0 Å². The van der Waals surface area contributed by atoms with Crippen molar-refractivity contribution in [2.75, 3.05) is 0 Å². The second-order valence-corrected chi connectivity index (χ2v) is 10.0. The number of carbonyl (C=O) groups is 1. The quantitative estimate of drug-likeness (QED) is 0.383. The molecule has 140 valence electrons. The molecule has 0 aromatic heterocycles. The second kappa shape index (κ2) is 14.6. The Labute approximate surface area is 182 Å². The first-order chi connectivity index (χ1) is 11.9. The van der Waals surface area contributed by atoms with Gasteiger partial charge in [0.25, 0.3) is 0 Å². The van der Waals surface area contributed by atoms with Gasteiger partial charge in [0.2, 0.25) is 0 Å². The molecule has 2 aliphatic carbocycles. The zero-order chi connectivity index (χ0) is 18.7. The van der Waals surface area contributed by atoms with E-state index in [1.54, 1.807) is 0 Å². The monoisotopic (exact) mass is 445 g/mol. The SMILES string of the molecule is CC(C)[Si]C(C)C.[C-]1=Cc2ccccc2C1.[NH-]C(=O)C1CCCCC1.[Zr+2]. The van der Waals surface area contributed by atoms with Crippen molar-refractivity contribution in [3.05, 3.63) is 47.2 Å². The molecule has 4 heteroatoms. The molecule has 1 aromatic carbocycles. The number of hydrogen-bond acceptors (Lipinski definition) is 1. The van der Waals surface area contributed by atoms with Crippen LogP contribution in [0.1, 0.15) is 70.9 Å². The number of nitrogens with one attached hydrogen (secondary N) is 1. The van der Waals surface area contributed by atoms with E-state index in [0.29, 0.717) is 0 Å². The van der Waals surface area contributed by atoms with Gasteiger partial charge in [-0.15, -0.1) is 18.1 Å². The van der Waals surface area contributed by atoms with Gasteiger partial charge in [0.15, 0.2) is 0 Å². The number of rotatable bonds is 3. The minimum Gasteiger partial charge on any atom is -0.668 e. The van der Waals surface area contributed by atoms with Crippen molar-refractivity contribution in [3.8, 4) is 0 Å². The van der Waals surface area contributed by atoms with E-state index in [1.165, 1.54) is 17.5 Å². The molecule has 1 N–H and O–H groups in total. The summed E-state index contributed by atoms with van der Waals surface area (Å²) in [5.74, 6) is -0.270. The maximum absolute atomic E-state index is 10.5. The molecule has 1 amide bonds. The Hall–Kier alpha value is -0.470. The molecule has 1 aromatic rings. The summed E-state index contributed by atoms with van der Waals surface area (Å²) >= 11 is 0. The van der Waals surface area contributed by atoms with Crippen LogP contribution in [0, 0.1) is 12.0 Å². The van der Waals surface area contributed by atoms with Crippen LogP contribution >= 0.6 is 0 Å². The average molecular weight is 447 g/mol. The molecule has 0 bridgehead atoms. The minimum atomic E-state index is -0.352. The number of amides is 1. The van der Waals surface area contributed by atoms with E-state index in [-0.39, 0.29) is 38.0 Å². The summed E-state index contributed by atoms with van der Waals surface area (Å²) in [5, 5.41) is 0. The molecule has 0 aliphatic heterocycles. The van der Waals surface area contributed by atoms with Gasteiger partial charge < -0.3 is 10.5 Å². The third-order valence-corrected chi connectivity index (χ3v) is 5.58. The predicted molar refractivity (Wildman–Crippen MR) is 110 cm³/mol. The second-order valence-electron chi connectivity index (χ2n) is 7.40. The van der Waals surface area contributed by atoms with Gasteiger partial charge >= 0.3 is 26.2 Å². The average Bonchev–Trinajstić information content (AvgIpc) is 3.04. The molecule has 0 spiro atoms. The molecule has 0 atom stereocenters. The van der Waals surface area contributed by atoms with Gasteiger partial charge in [-0.1, -0.05) is 76.2 Å². The van der Waals surface area contributed by atoms with E-state index in [2.05, 4.69) is 64.1 Å². The fraction of sp³-hybridized carbons (Fsp3) is 0.591. The van der Waals surface area contributed by atoms with Crippen molar-refractivity contribution in [1.29, 1.82) is 0 Å². The molecule has 2 nitrogen and oxygen atoms in total. The number of fused-ring (bicyclic) bond motifs is 1. The van der Waals surface area contributed by atoms with Crippen molar-refractivity contribution in [2.24, 2.45) is 5.92 Å². The molecular formula is C22H33NOSiZr. The van der Waals surface area contributed by atoms with E-state index in [9.17, 15) is 4.79 Å². The molecule has 2 aliphatic rings. The molecule has 0 heterocycles. The zero-order valence-corrected chi connectivity index (χ0v) is 20.2. The standard InChI is InChI=1S/C9H7.C7H13NO.C6H14Si.Zr/c1-2-5-9-7-3-6-8(9)4-1;8-7(9)6-4-2-1-3-5-6;1-5(2)7-6(3)4;/h1-2,4-6H,7H2;6H,1-5H2,(H2,8,9);5-6H,1-4H3;/q-1;;;+2/p-1. The Morgan fingerprint density at radius 3 is 2.08 bits per heavy atom. The van der Waals surface area contributed by atoms with Crippen LogP contribution in [-0.2, 0) is 37.4 Å². The van der Waals surface area contributed by atoms with Gasteiger partial charge in [-0.25, -0.2) is 6.08 Å². The first kappa shape index (κ1) is 25.5. The van der Waals surface area contributed by atoms with Crippen molar-refractivity contribution >= 4 is 21.5 Å². The Morgan fingerprint density at radius 2 is 1.65 bits per heavy atom. The molecule has 2 radical (unpaired) electrons. The van der Waals surface area contributed by atoms with Crippen LogP contribution in [0.5, 0.6) is 0 Å². The van der Waals surface area contributed by atoms with Crippen molar-refractivity contribution in [2.45, 2.75) is 77.3 Å². The predicted octanol–water partition coefficient (Wildman–Crippen LogP) is 6.55. The fourth-order valence-electron chi connectivity index (χ4n) is 3.14. The minimum absolute atomic E-state index is 0. The summed E-state index contributed by atoms with van der Waals surface area (Å²) in [5.41, 5.74) is 11.4. The van der Waals surface area contributed by atoms with E-state index in [1.807, 2.05) is 0 Å².